The van der Waals surface area contributed by atoms with E-state index in [4.69, 9.17) is 14.2 Å². The quantitative estimate of drug-likeness (QED) is 0.237. The van der Waals surface area contributed by atoms with E-state index in [9.17, 15) is 9.90 Å². The molecular weight excluding hydrogens is 416 g/mol. The van der Waals surface area contributed by atoms with Crippen molar-refractivity contribution in [1.29, 1.82) is 0 Å². The lowest BCUT2D eigenvalue weighted by atomic mass is 9.85. The van der Waals surface area contributed by atoms with Crippen molar-refractivity contribution < 1.29 is 24.1 Å². The van der Waals surface area contributed by atoms with Gasteiger partial charge in [-0.2, -0.15) is 0 Å². The van der Waals surface area contributed by atoms with Gasteiger partial charge in [-0.3, -0.25) is 4.79 Å². The molecule has 0 spiro atoms. The van der Waals surface area contributed by atoms with Crippen molar-refractivity contribution in [2.45, 2.75) is 96.1 Å². The van der Waals surface area contributed by atoms with Gasteiger partial charge in [0.2, 0.25) is 0 Å². The Labute approximate surface area is 199 Å². The highest BCUT2D eigenvalue weighted by molar-refractivity contribution is 5.69. The van der Waals surface area contributed by atoms with Crippen LogP contribution < -0.4 is 0 Å². The average Bonchev–Trinajstić information content (AvgIpc) is 3.40. The number of aryl methyl sites for hydroxylation is 1. The van der Waals surface area contributed by atoms with Crippen molar-refractivity contribution in [3.63, 3.8) is 0 Å². The number of unbranched alkanes of at least 4 members (excludes halogenated alkanes) is 1. The van der Waals surface area contributed by atoms with Crippen molar-refractivity contribution in [2.24, 2.45) is 11.8 Å². The Morgan fingerprint density at radius 3 is 2.64 bits per heavy atom. The molecule has 184 valence electrons. The topological polar surface area (TPSA) is 65.0 Å². The number of allylic oxidation sites excluding steroid dienone is 2. The van der Waals surface area contributed by atoms with E-state index in [0.717, 1.165) is 57.8 Å². The second kappa shape index (κ2) is 13.3. The molecule has 1 aliphatic carbocycles. The summed E-state index contributed by atoms with van der Waals surface area (Å²) in [5.74, 6) is 0.157. The summed E-state index contributed by atoms with van der Waals surface area (Å²) >= 11 is 0. The van der Waals surface area contributed by atoms with Crippen LogP contribution >= 0.6 is 0 Å². The van der Waals surface area contributed by atoms with E-state index in [-0.39, 0.29) is 24.1 Å². The highest BCUT2D eigenvalue weighted by atomic mass is 16.7. The fourth-order valence-corrected chi connectivity index (χ4v) is 5.20. The molecule has 0 aromatic heterocycles. The number of rotatable bonds is 13. The number of aliphatic hydroxyl groups is 1. The van der Waals surface area contributed by atoms with E-state index >= 15 is 0 Å². The van der Waals surface area contributed by atoms with E-state index in [2.05, 4.69) is 36.4 Å². The lowest BCUT2D eigenvalue weighted by Gasteiger charge is -2.31. The largest absolute Gasteiger partial charge is 0.463 e. The maximum atomic E-state index is 11.6. The van der Waals surface area contributed by atoms with Crippen LogP contribution in [0.25, 0.3) is 0 Å². The Kier molecular flexibility index (Phi) is 10.4. The minimum Gasteiger partial charge on any atom is -0.463 e. The molecule has 1 saturated carbocycles. The molecule has 3 rings (SSSR count). The summed E-state index contributed by atoms with van der Waals surface area (Å²) < 4.78 is 17.4. The van der Waals surface area contributed by atoms with Gasteiger partial charge in [0.25, 0.3) is 0 Å². The van der Waals surface area contributed by atoms with Crippen LogP contribution in [-0.2, 0) is 25.4 Å². The fraction of sp³-hybridized carbons (Fsp3) is 0.679. The highest BCUT2D eigenvalue weighted by Gasteiger charge is 2.40. The number of carbonyl (C=O) groups excluding carboxylic acids is 1. The molecule has 1 heterocycles. The van der Waals surface area contributed by atoms with Gasteiger partial charge in [-0.25, -0.2) is 0 Å². The van der Waals surface area contributed by atoms with Crippen molar-refractivity contribution in [3.8, 4) is 0 Å². The Bertz CT molecular complexity index is 723. The predicted octanol–water partition coefficient (Wildman–Crippen LogP) is 5.60. The van der Waals surface area contributed by atoms with Crippen molar-refractivity contribution >= 4 is 5.97 Å². The normalized spacial score (nSPS) is 24.7. The monoisotopic (exact) mass is 458 g/mol. The zero-order valence-electron chi connectivity index (χ0n) is 20.4. The third-order valence-electron chi connectivity index (χ3n) is 6.97. The molecule has 0 bridgehead atoms. The van der Waals surface area contributed by atoms with Crippen LogP contribution in [0.5, 0.6) is 0 Å². The standard InChI is InChI=1S/C28H42O5/c1-22(2)33-27(30)13-9-4-3-8-12-24-14-15-26(29)25(24)17-19-28(31-20-21-32-28)18-16-23-10-6-5-7-11-23/h3,5-8,10-11,22,24-26,29H,4,9,12-21H2,1-2H3/b8-3-/t24-,25+,26+/m0/s1. The molecule has 2 aliphatic rings. The van der Waals surface area contributed by atoms with E-state index in [0.29, 0.717) is 25.6 Å². The Morgan fingerprint density at radius 2 is 1.91 bits per heavy atom. The minimum absolute atomic E-state index is 0.0451. The van der Waals surface area contributed by atoms with Crippen molar-refractivity contribution in [3.05, 3.63) is 48.0 Å². The molecule has 5 heteroatoms. The zero-order valence-corrected chi connectivity index (χ0v) is 20.4. The zero-order chi connectivity index (χ0) is 23.5. The fourth-order valence-electron chi connectivity index (χ4n) is 5.20. The van der Waals surface area contributed by atoms with Gasteiger partial charge in [0.05, 0.1) is 25.4 Å². The molecule has 5 nitrogen and oxygen atoms in total. The summed E-state index contributed by atoms with van der Waals surface area (Å²) in [5.41, 5.74) is 1.30. The lowest BCUT2D eigenvalue weighted by molar-refractivity contribution is -0.170. The van der Waals surface area contributed by atoms with E-state index in [1.54, 1.807) is 0 Å². The molecule has 3 atom stereocenters. The van der Waals surface area contributed by atoms with Crippen LogP contribution in [0.3, 0.4) is 0 Å². The molecule has 1 aliphatic heterocycles. The molecule has 1 aromatic carbocycles. The van der Waals surface area contributed by atoms with Crippen LogP contribution in [0, 0.1) is 11.8 Å². The Morgan fingerprint density at radius 1 is 1.15 bits per heavy atom. The SMILES string of the molecule is CC(C)OC(=O)CCC/C=C\C[C@H]1CC[C@@H](O)[C@@H]1CCC1(CCc2ccccc2)OCCO1. The lowest BCUT2D eigenvalue weighted by Crippen LogP contribution is -2.33. The number of aliphatic hydroxyl groups excluding tert-OH is 1. The Balaban J connectivity index is 1.43. The van der Waals surface area contributed by atoms with Gasteiger partial charge in [-0.15, -0.1) is 0 Å². The number of benzene rings is 1. The first-order valence-electron chi connectivity index (χ1n) is 12.8. The van der Waals surface area contributed by atoms with Gasteiger partial charge in [0.1, 0.15) is 0 Å². The van der Waals surface area contributed by atoms with Gasteiger partial charge in [0, 0.05) is 19.3 Å². The van der Waals surface area contributed by atoms with Crippen molar-refractivity contribution in [1.82, 2.24) is 0 Å². The maximum Gasteiger partial charge on any atom is 0.306 e. The summed E-state index contributed by atoms with van der Waals surface area (Å²) in [4.78, 5) is 11.6. The molecule has 1 saturated heterocycles. The number of esters is 1. The first-order valence-corrected chi connectivity index (χ1v) is 12.8. The molecule has 0 radical (unpaired) electrons. The smallest absolute Gasteiger partial charge is 0.306 e. The Hall–Kier alpha value is -1.69. The minimum atomic E-state index is -0.511. The van der Waals surface area contributed by atoms with E-state index in [1.165, 1.54) is 5.56 Å². The number of ether oxygens (including phenoxy) is 3. The summed E-state index contributed by atoms with van der Waals surface area (Å²) in [6.45, 7) is 5.05. The number of hydrogen-bond donors (Lipinski definition) is 1. The van der Waals surface area contributed by atoms with Crippen molar-refractivity contribution in [2.75, 3.05) is 13.2 Å². The summed E-state index contributed by atoms with van der Waals surface area (Å²) in [6, 6.07) is 10.5. The molecule has 0 unspecified atom stereocenters. The molecule has 1 aromatic rings. The van der Waals surface area contributed by atoms with Crippen LogP contribution in [0.4, 0.5) is 0 Å². The second-order valence-electron chi connectivity index (χ2n) is 9.84. The van der Waals surface area contributed by atoms with Gasteiger partial charge in [0.15, 0.2) is 5.79 Å². The second-order valence-corrected chi connectivity index (χ2v) is 9.84. The molecule has 2 fully saturated rings. The molecule has 0 amide bonds. The van der Waals surface area contributed by atoms with Crippen LogP contribution in [-0.4, -0.2) is 42.3 Å². The maximum absolute atomic E-state index is 11.6. The first kappa shape index (κ1) is 25.9. The van der Waals surface area contributed by atoms with Crippen LogP contribution in [0.15, 0.2) is 42.5 Å². The summed E-state index contributed by atoms with van der Waals surface area (Å²) in [7, 11) is 0. The predicted molar refractivity (Wildman–Crippen MR) is 130 cm³/mol. The van der Waals surface area contributed by atoms with Gasteiger partial charge >= 0.3 is 5.97 Å². The number of carbonyl (C=O) groups is 1. The van der Waals surface area contributed by atoms with E-state index in [1.807, 2.05) is 19.9 Å². The number of hydrogen-bond acceptors (Lipinski definition) is 5. The summed E-state index contributed by atoms with van der Waals surface area (Å²) in [6.07, 6.45) is 12.8. The van der Waals surface area contributed by atoms with Crippen LogP contribution in [0.1, 0.15) is 77.2 Å². The first-order chi connectivity index (χ1) is 16.0. The van der Waals surface area contributed by atoms with Gasteiger partial charge in [-0.1, -0.05) is 42.5 Å². The summed E-state index contributed by atoms with van der Waals surface area (Å²) in [5, 5.41) is 10.6. The molecule has 1 N–H and O–H groups in total. The third kappa shape index (κ3) is 8.55. The average molecular weight is 459 g/mol. The van der Waals surface area contributed by atoms with Gasteiger partial charge < -0.3 is 19.3 Å². The van der Waals surface area contributed by atoms with Gasteiger partial charge in [-0.05, 0) is 76.2 Å². The molecular formula is C28H42O5. The van der Waals surface area contributed by atoms with E-state index < -0.39 is 5.79 Å². The van der Waals surface area contributed by atoms with Crippen LogP contribution in [0.2, 0.25) is 0 Å². The highest BCUT2D eigenvalue weighted by Crippen LogP contribution is 2.41. The molecule has 33 heavy (non-hydrogen) atoms. The third-order valence-corrected chi connectivity index (χ3v) is 6.97.